The number of furan rings is 1. The van der Waals surface area contributed by atoms with Gasteiger partial charge in [-0.3, -0.25) is 14.7 Å². The van der Waals surface area contributed by atoms with Crippen molar-refractivity contribution >= 4 is 10.9 Å². The summed E-state index contributed by atoms with van der Waals surface area (Å²) >= 11 is 0. The van der Waals surface area contributed by atoms with Crippen molar-refractivity contribution in [1.82, 2.24) is 35.1 Å². The molecule has 1 unspecified atom stereocenters. The smallest absolute Gasteiger partial charge is 0.253 e. The van der Waals surface area contributed by atoms with Crippen LogP contribution in [0, 0.1) is 0 Å². The fourth-order valence-corrected chi connectivity index (χ4v) is 4.71. The summed E-state index contributed by atoms with van der Waals surface area (Å²) in [6.07, 6.45) is 6.96. The van der Waals surface area contributed by atoms with Crippen LogP contribution in [0.5, 0.6) is 0 Å². The van der Waals surface area contributed by atoms with Crippen molar-refractivity contribution in [2.75, 3.05) is 0 Å². The lowest BCUT2D eigenvalue weighted by atomic mass is 9.98. The molecular formula is C29H33N7O2. The second kappa shape index (κ2) is 10.7. The van der Waals surface area contributed by atoms with E-state index in [0.29, 0.717) is 24.5 Å². The highest BCUT2D eigenvalue weighted by molar-refractivity contribution is 5.80. The lowest BCUT2D eigenvalue weighted by molar-refractivity contribution is 0.168. The first-order valence-corrected chi connectivity index (χ1v) is 13.0. The topological polar surface area (TPSA) is 106 Å². The standard InChI is InChI=1S/C29H33N7O2/c1-5-20-11-12-25-22(15-20)16-24(28(37)31-25)26(27-32-33-34-36(27)29(3,4)6-2)35(19-23-10-8-14-38-23)18-21-9-7-13-30-17-21/h7-17,26H,5-6,18-19H2,1-4H3,(H,31,37). The second-order valence-electron chi connectivity index (χ2n) is 10.2. The second-order valence-corrected chi connectivity index (χ2v) is 10.2. The van der Waals surface area contributed by atoms with Gasteiger partial charge < -0.3 is 9.40 Å². The molecule has 4 aromatic heterocycles. The first-order chi connectivity index (χ1) is 18.4. The van der Waals surface area contributed by atoms with Crippen LogP contribution in [-0.2, 0) is 25.0 Å². The molecule has 5 aromatic rings. The molecular weight excluding hydrogens is 478 g/mol. The van der Waals surface area contributed by atoms with Crippen LogP contribution in [0.15, 0.2) is 76.4 Å². The van der Waals surface area contributed by atoms with E-state index in [0.717, 1.165) is 35.1 Å². The van der Waals surface area contributed by atoms with E-state index in [1.54, 1.807) is 12.5 Å². The monoisotopic (exact) mass is 511 g/mol. The van der Waals surface area contributed by atoms with Crippen LogP contribution in [-0.4, -0.2) is 35.1 Å². The van der Waals surface area contributed by atoms with E-state index in [4.69, 9.17) is 4.42 Å². The summed E-state index contributed by atoms with van der Waals surface area (Å²) in [7, 11) is 0. The maximum atomic E-state index is 13.7. The normalized spacial score (nSPS) is 12.9. The third-order valence-electron chi connectivity index (χ3n) is 7.23. The first-order valence-electron chi connectivity index (χ1n) is 13.0. The zero-order valence-electron chi connectivity index (χ0n) is 22.3. The summed E-state index contributed by atoms with van der Waals surface area (Å²) < 4.78 is 7.60. The minimum atomic E-state index is -0.556. The highest BCUT2D eigenvalue weighted by Crippen LogP contribution is 2.33. The third-order valence-corrected chi connectivity index (χ3v) is 7.23. The van der Waals surface area contributed by atoms with Gasteiger partial charge in [0.05, 0.1) is 18.3 Å². The van der Waals surface area contributed by atoms with Crippen molar-refractivity contribution in [3.63, 3.8) is 0 Å². The molecule has 0 bridgehead atoms. The van der Waals surface area contributed by atoms with Crippen molar-refractivity contribution in [2.45, 2.75) is 65.2 Å². The molecule has 0 aliphatic heterocycles. The SMILES string of the molecule is CCc1ccc2[nH]c(=O)c(C(c3nnnn3C(C)(C)CC)N(Cc3cccnc3)Cc3ccco3)cc2c1. The molecule has 38 heavy (non-hydrogen) atoms. The molecule has 9 heteroatoms. The van der Waals surface area contributed by atoms with Crippen molar-refractivity contribution in [2.24, 2.45) is 0 Å². The summed E-state index contributed by atoms with van der Waals surface area (Å²) in [4.78, 5) is 23.3. The average molecular weight is 512 g/mol. The van der Waals surface area contributed by atoms with Crippen LogP contribution >= 0.6 is 0 Å². The Morgan fingerprint density at radius 1 is 1.08 bits per heavy atom. The van der Waals surface area contributed by atoms with Crippen molar-refractivity contribution in [3.05, 3.63) is 106 Å². The number of benzene rings is 1. The molecule has 5 rings (SSSR count). The maximum Gasteiger partial charge on any atom is 0.253 e. The van der Waals surface area contributed by atoms with E-state index >= 15 is 0 Å². The quantitative estimate of drug-likeness (QED) is 0.281. The fraction of sp³-hybridized carbons (Fsp3) is 0.345. The van der Waals surface area contributed by atoms with Gasteiger partial charge in [-0.15, -0.1) is 5.10 Å². The molecule has 0 spiro atoms. The molecule has 9 nitrogen and oxygen atoms in total. The predicted octanol–water partition coefficient (Wildman–Crippen LogP) is 5.00. The van der Waals surface area contributed by atoms with Gasteiger partial charge in [-0.25, -0.2) is 4.68 Å². The van der Waals surface area contributed by atoms with Gasteiger partial charge in [0.25, 0.3) is 5.56 Å². The molecule has 4 heterocycles. The highest BCUT2D eigenvalue weighted by atomic mass is 16.3. The first kappa shape index (κ1) is 25.5. The third kappa shape index (κ3) is 5.15. The van der Waals surface area contributed by atoms with Crippen molar-refractivity contribution < 1.29 is 4.42 Å². The Hall–Kier alpha value is -4.11. The molecule has 1 atom stereocenters. The number of nitrogens with one attached hydrogen (secondary N) is 1. The van der Waals surface area contributed by atoms with Gasteiger partial charge in [0, 0.05) is 30.0 Å². The van der Waals surface area contributed by atoms with Crippen LogP contribution in [0.25, 0.3) is 10.9 Å². The number of hydrogen-bond acceptors (Lipinski definition) is 7. The molecule has 196 valence electrons. The number of H-pyrrole nitrogens is 1. The van der Waals surface area contributed by atoms with Gasteiger partial charge in [-0.05, 0) is 90.0 Å². The average Bonchev–Trinajstić information content (AvgIpc) is 3.62. The van der Waals surface area contributed by atoms with E-state index in [1.807, 2.05) is 53.3 Å². The van der Waals surface area contributed by atoms with Gasteiger partial charge in [0.2, 0.25) is 0 Å². The Balaban J connectivity index is 1.73. The summed E-state index contributed by atoms with van der Waals surface area (Å²) in [5.41, 5.74) is 3.04. The number of hydrogen-bond donors (Lipinski definition) is 1. The zero-order chi connectivity index (χ0) is 26.7. The number of aromatic amines is 1. The number of nitrogens with zero attached hydrogens (tertiary/aromatic N) is 6. The molecule has 0 aliphatic carbocycles. The molecule has 0 saturated carbocycles. The van der Waals surface area contributed by atoms with Crippen molar-refractivity contribution in [1.29, 1.82) is 0 Å². The number of aromatic nitrogens is 6. The van der Waals surface area contributed by atoms with Gasteiger partial charge in [0.15, 0.2) is 5.82 Å². The number of pyridine rings is 2. The molecule has 0 saturated heterocycles. The Bertz CT molecular complexity index is 1560. The minimum absolute atomic E-state index is 0.175. The molecule has 0 radical (unpaired) electrons. The number of aryl methyl sites for hydroxylation is 1. The Morgan fingerprint density at radius 2 is 1.95 bits per heavy atom. The largest absolute Gasteiger partial charge is 0.468 e. The van der Waals surface area contributed by atoms with E-state index in [-0.39, 0.29) is 11.1 Å². The minimum Gasteiger partial charge on any atom is -0.468 e. The lowest BCUT2D eigenvalue weighted by Crippen LogP contribution is -2.38. The predicted molar refractivity (Wildman–Crippen MR) is 145 cm³/mol. The molecule has 1 aromatic carbocycles. The summed E-state index contributed by atoms with van der Waals surface area (Å²) in [6.45, 7) is 9.37. The molecule has 0 amide bonds. The maximum absolute atomic E-state index is 13.7. The van der Waals surface area contributed by atoms with Crippen LogP contribution < -0.4 is 5.56 Å². The zero-order valence-corrected chi connectivity index (χ0v) is 22.3. The van der Waals surface area contributed by atoms with Crippen LogP contribution in [0.4, 0.5) is 0 Å². The molecule has 1 N–H and O–H groups in total. The molecule has 0 fully saturated rings. The van der Waals surface area contributed by atoms with Crippen LogP contribution in [0.3, 0.4) is 0 Å². The van der Waals surface area contributed by atoms with Gasteiger partial charge in [-0.2, -0.15) is 0 Å². The Labute approximate surface area is 221 Å². The van der Waals surface area contributed by atoms with Gasteiger partial charge in [0.1, 0.15) is 11.8 Å². The Kier molecular flexibility index (Phi) is 7.20. The number of rotatable bonds is 10. The summed E-state index contributed by atoms with van der Waals surface area (Å²) in [5.74, 6) is 1.38. The van der Waals surface area contributed by atoms with Gasteiger partial charge in [-0.1, -0.05) is 26.0 Å². The fourth-order valence-electron chi connectivity index (χ4n) is 4.71. The number of fused-ring (bicyclic) bond motifs is 1. The summed E-state index contributed by atoms with van der Waals surface area (Å²) in [6, 6.07) is 15.3. The molecule has 0 aliphatic rings. The number of tetrazole rings is 1. The van der Waals surface area contributed by atoms with Gasteiger partial charge >= 0.3 is 0 Å². The summed E-state index contributed by atoms with van der Waals surface area (Å²) in [5, 5.41) is 14.0. The van der Waals surface area contributed by atoms with E-state index in [1.165, 1.54) is 5.56 Å². The Morgan fingerprint density at radius 3 is 2.66 bits per heavy atom. The van der Waals surface area contributed by atoms with Crippen LogP contribution in [0.1, 0.15) is 68.4 Å². The van der Waals surface area contributed by atoms with Crippen molar-refractivity contribution in [3.8, 4) is 0 Å². The van der Waals surface area contributed by atoms with E-state index in [9.17, 15) is 4.79 Å². The highest BCUT2D eigenvalue weighted by Gasteiger charge is 2.35. The van der Waals surface area contributed by atoms with E-state index in [2.05, 4.69) is 64.2 Å². The lowest BCUT2D eigenvalue weighted by Gasteiger charge is -2.33. The van der Waals surface area contributed by atoms with E-state index < -0.39 is 6.04 Å². The van der Waals surface area contributed by atoms with Crippen LogP contribution in [0.2, 0.25) is 0 Å².